The van der Waals surface area contributed by atoms with E-state index in [-0.39, 0.29) is 24.7 Å². The van der Waals surface area contributed by atoms with Crippen LogP contribution >= 0.6 is 0 Å². The molecule has 6 nitrogen and oxygen atoms in total. The molecular formula is C16H18N4O2. The van der Waals surface area contributed by atoms with E-state index in [0.29, 0.717) is 6.54 Å². The SMILES string of the molecule is O=C(CCC(=O)N/N=C/c1ccc[nH]1)NCc1ccccc1. The minimum Gasteiger partial charge on any atom is -0.360 e. The molecule has 0 spiro atoms. The minimum absolute atomic E-state index is 0.0999. The average Bonchev–Trinajstić information content (AvgIpc) is 3.05. The van der Waals surface area contributed by atoms with E-state index in [9.17, 15) is 9.59 Å². The minimum atomic E-state index is -0.294. The van der Waals surface area contributed by atoms with Gasteiger partial charge in [0.25, 0.3) is 0 Å². The summed E-state index contributed by atoms with van der Waals surface area (Å²) in [5, 5.41) is 6.57. The van der Waals surface area contributed by atoms with Crippen LogP contribution in [0.25, 0.3) is 0 Å². The Labute approximate surface area is 128 Å². The first-order valence-electron chi connectivity index (χ1n) is 7.00. The molecule has 1 aromatic carbocycles. The maximum Gasteiger partial charge on any atom is 0.240 e. The summed E-state index contributed by atoms with van der Waals surface area (Å²) in [6.07, 6.45) is 3.51. The van der Waals surface area contributed by atoms with Gasteiger partial charge in [-0.2, -0.15) is 5.10 Å². The van der Waals surface area contributed by atoms with Gasteiger partial charge in [0.05, 0.1) is 11.9 Å². The van der Waals surface area contributed by atoms with Crippen LogP contribution in [0.1, 0.15) is 24.1 Å². The standard InChI is InChI=1S/C16H18N4O2/c21-15(18-11-13-5-2-1-3-6-13)8-9-16(22)20-19-12-14-7-4-10-17-14/h1-7,10,12,17H,8-9,11H2,(H,18,21)(H,20,22)/b19-12+. The predicted octanol–water partition coefficient (Wildman–Crippen LogP) is 1.56. The molecule has 0 aliphatic rings. The van der Waals surface area contributed by atoms with Crippen molar-refractivity contribution >= 4 is 18.0 Å². The summed E-state index contributed by atoms with van der Waals surface area (Å²) >= 11 is 0. The first-order valence-corrected chi connectivity index (χ1v) is 7.00. The number of aromatic amines is 1. The normalized spacial score (nSPS) is 10.5. The summed E-state index contributed by atoms with van der Waals surface area (Å²) in [5.41, 5.74) is 4.20. The van der Waals surface area contributed by atoms with Crippen molar-refractivity contribution < 1.29 is 9.59 Å². The number of aromatic nitrogens is 1. The molecule has 2 aromatic rings. The predicted molar refractivity (Wildman–Crippen MR) is 84.1 cm³/mol. The number of hydrogen-bond acceptors (Lipinski definition) is 3. The third kappa shape index (κ3) is 5.62. The van der Waals surface area contributed by atoms with Crippen LogP contribution in [-0.4, -0.2) is 23.0 Å². The summed E-state index contributed by atoms with van der Waals surface area (Å²) in [7, 11) is 0. The van der Waals surface area contributed by atoms with Crippen LogP contribution in [0.15, 0.2) is 53.8 Å². The largest absolute Gasteiger partial charge is 0.360 e. The van der Waals surface area contributed by atoms with Crippen molar-refractivity contribution in [3.8, 4) is 0 Å². The molecule has 1 aromatic heterocycles. The Hall–Kier alpha value is -2.89. The highest BCUT2D eigenvalue weighted by atomic mass is 16.2. The zero-order chi connectivity index (χ0) is 15.6. The summed E-state index contributed by atoms with van der Waals surface area (Å²) in [5.74, 6) is -0.454. The number of hydrazone groups is 1. The van der Waals surface area contributed by atoms with E-state index < -0.39 is 0 Å². The van der Waals surface area contributed by atoms with Crippen molar-refractivity contribution in [3.05, 3.63) is 59.9 Å². The van der Waals surface area contributed by atoms with Crippen LogP contribution in [0, 0.1) is 0 Å². The molecule has 0 atom stereocenters. The van der Waals surface area contributed by atoms with Gasteiger partial charge in [-0.25, -0.2) is 5.43 Å². The van der Waals surface area contributed by atoms with E-state index in [1.165, 1.54) is 6.21 Å². The van der Waals surface area contributed by atoms with E-state index in [2.05, 4.69) is 20.8 Å². The van der Waals surface area contributed by atoms with Gasteiger partial charge in [-0.3, -0.25) is 9.59 Å². The highest BCUT2D eigenvalue weighted by Crippen LogP contribution is 1.98. The number of benzene rings is 1. The van der Waals surface area contributed by atoms with Crippen LogP contribution in [0.2, 0.25) is 0 Å². The van der Waals surface area contributed by atoms with Crippen molar-refractivity contribution in [1.29, 1.82) is 0 Å². The Morgan fingerprint density at radius 2 is 1.82 bits per heavy atom. The molecule has 1 heterocycles. The molecule has 2 amide bonds. The Morgan fingerprint density at radius 3 is 2.55 bits per heavy atom. The fraction of sp³-hybridized carbons (Fsp3) is 0.188. The summed E-state index contributed by atoms with van der Waals surface area (Å²) < 4.78 is 0. The van der Waals surface area contributed by atoms with Crippen molar-refractivity contribution in [2.45, 2.75) is 19.4 Å². The lowest BCUT2D eigenvalue weighted by Crippen LogP contribution is -2.25. The Morgan fingerprint density at radius 1 is 1.05 bits per heavy atom. The molecule has 0 saturated carbocycles. The van der Waals surface area contributed by atoms with Gasteiger partial charge >= 0.3 is 0 Å². The molecule has 114 valence electrons. The van der Waals surface area contributed by atoms with Crippen LogP contribution in [0.5, 0.6) is 0 Å². The Bertz CT molecular complexity index is 621. The molecule has 6 heteroatoms. The Kier molecular flexibility index (Phi) is 5.92. The molecule has 0 unspecified atom stereocenters. The van der Waals surface area contributed by atoms with Crippen molar-refractivity contribution in [2.75, 3.05) is 0 Å². The fourth-order valence-electron chi connectivity index (χ4n) is 1.77. The maximum absolute atomic E-state index is 11.6. The number of carbonyl (C=O) groups excluding carboxylic acids is 2. The quantitative estimate of drug-likeness (QED) is 0.535. The zero-order valence-corrected chi connectivity index (χ0v) is 12.1. The van der Waals surface area contributed by atoms with E-state index in [1.807, 2.05) is 42.5 Å². The second-order valence-electron chi connectivity index (χ2n) is 4.68. The first-order chi connectivity index (χ1) is 10.7. The maximum atomic E-state index is 11.6. The first kappa shape index (κ1) is 15.5. The molecule has 3 N–H and O–H groups in total. The lowest BCUT2D eigenvalue weighted by molar-refractivity contribution is -0.126. The molecule has 0 aliphatic heterocycles. The van der Waals surface area contributed by atoms with Gasteiger partial charge in [-0.15, -0.1) is 0 Å². The second kappa shape index (κ2) is 8.41. The smallest absolute Gasteiger partial charge is 0.240 e. The van der Waals surface area contributed by atoms with Crippen LogP contribution in [0.3, 0.4) is 0 Å². The highest BCUT2D eigenvalue weighted by Gasteiger charge is 2.05. The van der Waals surface area contributed by atoms with Crippen molar-refractivity contribution in [1.82, 2.24) is 15.7 Å². The van der Waals surface area contributed by atoms with E-state index >= 15 is 0 Å². The molecule has 0 bridgehead atoms. The molecule has 0 aliphatic carbocycles. The van der Waals surface area contributed by atoms with Crippen LogP contribution in [-0.2, 0) is 16.1 Å². The van der Waals surface area contributed by atoms with Crippen molar-refractivity contribution in [3.63, 3.8) is 0 Å². The lowest BCUT2D eigenvalue weighted by atomic mass is 10.2. The molecule has 0 saturated heterocycles. The number of nitrogens with zero attached hydrogens (tertiary/aromatic N) is 1. The zero-order valence-electron chi connectivity index (χ0n) is 12.1. The number of nitrogens with one attached hydrogen (secondary N) is 3. The summed E-state index contributed by atoms with van der Waals surface area (Å²) in [4.78, 5) is 26.1. The van der Waals surface area contributed by atoms with Crippen LogP contribution < -0.4 is 10.7 Å². The van der Waals surface area contributed by atoms with Gasteiger partial charge in [0.15, 0.2) is 0 Å². The van der Waals surface area contributed by atoms with E-state index in [4.69, 9.17) is 0 Å². The number of carbonyl (C=O) groups is 2. The molecule has 2 rings (SSSR count). The monoisotopic (exact) mass is 298 g/mol. The van der Waals surface area contributed by atoms with E-state index in [0.717, 1.165) is 11.3 Å². The highest BCUT2D eigenvalue weighted by molar-refractivity contribution is 5.84. The van der Waals surface area contributed by atoms with Gasteiger partial charge in [0.2, 0.25) is 11.8 Å². The van der Waals surface area contributed by atoms with Gasteiger partial charge in [-0.05, 0) is 17.7 Å². The third-order valence-electron chi connectivity index (χ3n) is 2.93. The number of hydrogen-bond donors (Lipinski definition) is 3. The topological polar surface area (TPSA) is 86.3 Å². The van der Waals surface area contributed by atoms with Gasteiger partial charge in [0.1, 0.15) is 0 Å². The Balaban J connectivity index is 1.62. The van der Waals surface area contributed by atoms with Crippen LogP contribution in [0.4, 0.5) is 0 Å². The molecular weight excluding hydrogens is 280 g/mol. The lowest BCUT2D eigenvalue weighted by Gasteiger charge is -2.04. The number of amides is 2. The van der Waals surface area contributed by atoms with Gasteiger partial charge in [0, 0.05) is 25.6 Å². The summed E-state index contributed by atoms with van der Waals surface area (Å²) in [6.45, 7) is 0.465. The molecule has 0 radical (unpaired) electrons. The number of H-pyrrole nitrogens is 1. The second-order valence-corrected chi connectivity index (χ2v) is 4.68. The van der Waals surface area contributed by atoms with Gasteiger partial charge in [-0.1, -0.05) is 30.3 Å². The van der Waals surface area contributed by atoms with Crippen molar-refractivity contribution in [2.24, 2.45) is 5.10 Å². The van der Waals surface area contributed by atoms with E-state index in [1.54, 1.807) is 6.20 Å². The molecule has 22 heavy (non-hydrogen) atoms. The fourth-order valence-corrected chi connectivity index (χ4v) is 1.77. The average molecular weight is 298 g/mol. The summed E-state index contributed by atoms with van der Waals surface area (Å²) in [6, 6.07) is 13.3. The number of rotatable bonds is 7. The third-order valence-corrected chi connectivity index (χ3v) is 2.93. The molecule has 0 fully saturated rings. The van der Waals surface area contributed by atoms with Gasteiger partial charge < -0.3 is 10.3 Å².